The molecular formula is C11H17BrN2O2S2. The van der Waals surface area contributed by atoms with Crippen molar-refractivity contribution in [1.29, 1.82) is 0 Å². The summed E-state index contributed by atoms with van der Waals surface area (Å²) in [6, 6.07) is 1.89. The number of thiophene rings is 1. The highest BCUT2D eigenvalue weighted by atomic mass is 79.9. The van der Waals surface area contributed by atoms with Crippen molar-refractivity contribution in [2.75, 3.05) is 6.54 Å². The Morgan fingerprint density at radius 1 is 1.56 bits per heavy atom. The molecule has 2 heterocycles. The minimum Gasteiger partial charge on any atom is -0.312 e. The van der Waals surface area contributed by atoms with Gasteiger partial charge in [0.05, 0.1) is 0 Å². The van der Waals surface area contributed by atoms with Gasteiger partial charge in [0.15, 0.2) is 0 Å². The highest BCUT2D eigenvalue weighted by Crippen LogP contribution is 2.27. The minimum atomic E-state index is -3.41. The first-order valence-electron chi connectivity index (χ1n) is 5.99. The summed E-state index contributed by atoms with van der Waals surface area (Å²) >= 11 is 4.49. The van der Waals surface area contributed by atoms with E-state index in [9.17, 15) is 8.42 Å². The second-order valence-corrected chi connectivity index (χ2v) is 8.20. The molecule has 7 heteroatoms. The second-order valence-electron chi connectivity index (χ2n) is 4.52. The Balaban J connectivity index is 2.06. The van der Waals surface area contributed by atoms with Gasteiger partial charge in [-0.05, 0) is 53.7 Å². The van der Waals surface area contributed by atoms with E-state index in [2.05, 4.69) is 26.0 Å². The van der Waals surface area contributed by atoms with Crippen LogP contribution in [0.5, 0.6) is 0 Å². The maximum atomic E-state index is 12.2. The van der Waals surface area contributed by atoms with Crippen LogP contribution in [0.3, 0.4) is 0 Å². The van der Waals surface area contributed by atoms with Gasteiger partial charge in [-0.3, -0.25) is 0 Å². The normalized spacial score (nSPS) is 22.9. The molecule has 2 rings (SSSR count). The molecule has 0 radical (unpaired) electrons. The predicted octanol–water partition coefficient (Wildman–Crippen LogP) is 2.32. The molecule has 1 aliphatic rings. The van der Waals surface area contributed by atoms with Gasteiger partial charge >= 0.3 is 0 Å². The van der Waals surface area contributed by atoms with Crippen molar-refractivity contribution in [3.63, 3.8) is 0 Å². The molecule has 1 aromatic heterocycles. The molecule has 1 aliphatic heterocycles. The van der Waals surface area contributed by atoms with Crippen molar-refractivity contribution in [3.05, 3.63) is 15.9 Å². The van der Waals surface area contributed by atoms with Gasteiger partial charge in [-0.25, -0.2) is 13.1 Å². The van der Waals surface area contributed by atoms with E-state index in [-0.39, 0.29) is 12.1 Å². The lowest BCUT2D eigenvalue weighted by molar-refractivity contribution is 0.347. The fourth-order valence-electron chi connectivity index (χ4n) is 2.16. The van der Waals surface area contributed by atoms with Gasteiger partial charge in [0.2, 0.25) is 0 Å². The topological polar surface area (TPSA) is 58.2 Å². The number of sulfonamides is 1. The van der Waals surface area contributed by atoms with E-state index < -0.39 is 10.0 Å². The zero-order valence-corrected chi connectivity index (χ0v) is 13.4. The van der Waals surface area contributed by atoms with Crippen molar-refractivity contribution >= 4 is 37.3 Å². The third-order valence-corrected chi connectivity index (χ3v) is 7.35. The molecule has 0 aromatic carbocycles. The standard InChI is InChI=1S/C11H17BrN2O2S2/c1-8(10-4-2-3-6-13-10)14-18(15,16)11-9(12)5-7-17-11/h5,7-8,10,13-14H,2-4,6H2,1H3. The van der Waals surface area contributed by atoms with E-state index in [1.54, 1.807) is 11.4 Å². The fraction of sp³-hybridized carbons (Fsp3) is 0.636. The number of hydrogen-bond acceptors (Lipinski definition) is 4. The Kier molecular flexibility index (Phi) is 4.82. The number of hydrogen-bond donors (Lipinski definition) is 2. The Morgan fingerprint density at radius 2 is 2.33 bits per heavy atom. The van der Waals surface area contributed by atoms with E-state index in [0.717, 1.165) is 19.4 Å². The van der Waals surface area contributed by atoms with Crippen molar-refractivity contribution in [2.45, 2.75) is 42.5 Å². The van der Waals surface area contributed by atoms with Gasteiger partial charge in [0, 0.05) is 16.6 Å². The van der Waals surface area contributed by atoms with Crippen LogP contribution in [-0.4, -0.2) is 27.0 Å². The summed E-state index contributed by atoms with van der Waals surface area (Å²) in [7, 11) is -3.41. The van der Waals surface area contributed by atoms with E-state index in [4.69, 9.17) is 0 Å². The lowest BCUT2D eigenvalue weighted by atomic mass is 10.00. The smallest absolute Gasteiger partial charge is 0.251 e. The molecule has 2 unspecified atom stereocenters. The van der Waals surface area contributed by atoms with Crippen LogP contribution < -0.4 is 10.0 Å². The SMILES string of the molecule is CC(NS(=O)(=O)c1sccc1Br)C1CCCCN1. The van der Waals surface area contributed by atoms with Crippen molar-refractivity contribution in [1.82, 2.24) is 10.0 Å². The second kappa shape index (κ2) is 6.00. The average Bonchev–Trinajstić information content (AvgIpc) is 2.77. The highest BCUT2D eigenvalue weighted by molar-refractivity contribution is 9.10. The van der Waals surface area contributed by atoms with Crippen molar-refractivity contribution in [3.8, 4) is 0 Å². The molecular weight excluding hydrogens is 336 g/mol. The van der Waals surface area contributed by atoms with E-state index >= 15 is 0 Å². The molecule has 0 saturated carbocycles. The van der Waals surface area contributed by atoms with Gasteiger partial charge < -0.3 is 5.32 Å². The fourth-order valence-corrected chi connectivity index (χ4v) is 5.80. The zero-order valence-electron chi connectivity index (χ0n) is 10.1. The molecule has 0 amide bonds. The molecule has 0 bridgehead atoms. The Bertz CT molecular complexity index is 495. The van der Waals surface area contributed by atoms with Crippen LogP contribution >= 0.6 is 27.3 Å². The van der Waals surface area contributed by atoms with Gasteiger partial charge in [-0.1, -0.05) is 6.42 Å². The maximum absolute atomic E-state index is 12.2. The first kappa shape index (κ1) is 14.5. The minimum absolute atomic E-state index is 0.0932. The monoisotopic (exact) mass is 352 g/mol. The molecule has 0 aliphatic carbocycles. The van der Waals surface area contributed by atoms with Crippen LogP contribution in [0.4, 0.5) is 0 Å². The Hall–Kier alpha value is 0.0500. The van der Waals surface area contributed by atoms with E-state index in [1.807, 2.05) is 6.92 Å². The van der Waals surface area contributed by atoms with Crippen LogP contribution in [0, 0.1) is 0 Å². The quantitative estimate of drug-likeness (QED) is 0.874. The number of rotatable bonds is 4. The maximum Gasteiger partial charge on any atom is 0.251 e. The average molecular weight is 353 g/mol. The Labute approximate surface area is 120 Å². The van der Waals surface area contributed by atoms with Crippen LogP contribution in [0.1, 0.15) is 26.2 Å². The molecule has 0 spiro atoms. The van der Waals surface area contributed by atoms with Crippen molar-refractivity contribution in [2.24, 2.45) is 0 Å². The summed E-state index contributed by atoms with van der Waals surface area (Å²) in [5, 5.41) is 5.13. The van der Waals surface area contributed by atoms with Gasteiger partial charge in [-0.2, -0.15) is 0 Å². The molecule has 18 heavy (non-hydrogen) atoms. The molecule has 1 fully saturated rings. The van der Waals surface area contributed by atoms with Gasteiger partial charge in [0.1, 0.15) is 4.21 Å². The van der Waals surface area contributed by atoms with Crippen LogP contribution in [-0.2, 0) is 10.0 Å². The molecule has 102 valence electrons. The molecule has 4 nitrogen and oxygen atoms in total. The largest absolute Gasteiger partial charge is 0.312 e. The Morgan fingerprint density at radius 3 is 2.89 bits per heavy atom. The molecule has 1 saturated heterocycles. The van der Waals surface area contributed by atoms with E-state index in [1.165, 1.54) is 17.8 Å². The summed E-state index contributed by atoms with van der Waals surface area (Å²) in [6.45, 7) is 2.89. The first-order chi connectivity index (χ1) is 8.50. The summed E-state index contributed by atoms with van der Waals surface area (Å²) in [5.74, 6) is 0. The van der Waals surface area contributed by atoms with Crippen molar-refractivity contribution < 1.29 is 8.42 Å². The molecule has 2 atom stereocenters. The van der Waals surface area contributed by atoms with Gasteiger partial charge in [-0.15, -0.1) is 11.3 Å². The summed E-state index contributed by atoms with van der Waals surface area (Å²) in [5.41, 5.74) is 0. The van der Waals surface area contributed by atoms with Gasteiger partial charge in [0.25, 0.3) is 10.0 Å². The first-order valence-corrected chi connectivity index (χ1v) is 9.15. The molecule has 2 N–H and O–H groups in total. The number of piperidine rings is 1. The third kappa shape index (κ3) is 3.33. The lowest BCUT2D eigenvalue weighted by Crippen LogP contribution is -2.49. The predicted molar refractivity (Wildman–Crippen MR) is 77.4 cm³/mol. The summed E-state index contributed by atoms with van der Waals surface area (Å²) in [4.78, 5) is 0. The van der Waals surface area contributed by atoms with Crippen LogP contribution in [0.15, 0.2) is 20.1 Å². The lowest BCUT2D eigenvalue weighted by Gasteiger charge is -2.29. The number of nitrogens with one attached hydrogen (secondary N) is 2. The number of halogens is 1. The summed E-state index contributed by atoms with van der Waals surface area (Å²) in [6.07, 6.45) is 3.36. The zero-order chi connectivity index (χ0) is 13.2. The molecule has 1 aromatic rings. The highest BCUT2D eigenvalue weighted by Gasteiger charge is 2.26. The van der Waals surface area contributed by atoms with Crippen LogP contribution in [0.25, 0.3) is 0 Å². The van der Waals surface area contributed by atoms with E-state index in [0.29, 0.717) is 8.68 Å². The summed E-state index contributed by atoms with van der Waals surface area (Å²) < 4.78 is 28.2. The van der Waals surface area contributed by atoms with Crippen LogP contribution in [0.2, 0.25) is 0 Å². The third-order valence-electron chi connectivity index (χ3n) is 3.12.